The maximum atomic E-state index is 12.6. The molecule has 9 nitrogen and oxygen atoms in total. The van der Waals surface area contributed by atoms with Gasteiger partial charge in [-0.05, 0) is 32.9 Å². The van der Waals surface area contributed by atoms with E-state index in [1.54, 1.807) is 30.6 Å². The highest BCUT2D eigenvalue weighted by Gasteiger charge is 2.75. The highest BCUT2D eigenvalue weighted by atomic mass is 32.2. The quantitative estimate of drug-likeness (QED) is 0.575. The number of hydrogen-bond acceptors (Lipinski definition) is 10. The van der Waals surface area contributed by atoms with Gasteiger partial charge in [0.2, 0.25) is 5.60 Å². The zero-order chi connectivity index (χ0) is 23.0. The number of thioether (sulfide) groups is 1. The van der Waals surface area contributed by atoms with E-state index in [2.05, 4.69) is 9.97 Å². The first-order chi connectivity index (χ1) is 14.5. The van der Waals surface area contributed by atoms with Crippen LogP contribution >= 0.6 is 11.8 Å². The topological polar surface area (TPSA) is 147 Å². The number of aromatic nitrogens is 2. The molecule has 4 atom stereocenters. The van der Waals surface area contributed by atoms with Gasteiger partial charge < -0.3 is 20.1 Å². The summed E-state index contributed by atoms with van der Waals surface area (Å²) in [5.74, 6) is -3.49. The maximum absolute atomic E-state index is 12.6. The molecule has 3 heterocycles. The molecule has 0 amide bonds. The molecule has 0 saturated carbocycles. The molecule has 0 radical (unpaired) electrons. The van der Waals surface area contributed by atoms with Gasteiger partial charge >= 0.3 is 0 Å². The standard InChI is InChI=1S/C21H22N2O7S/c1-12(24)19(27)11-31-18(20(28,13(2)25)21(19,29)14(3)26)30-17-10-23-8-6-16(17)15-5-4-7-22-9-15/h4-10,18,27-29H,11H2,1-3H3/t18-,19-,20-,21-/m0/s1. The molecular formula is C21H22N2O7S. The molecule has 3 rings (SSSR count). The van der Waals surface area contributed by atoms with Gasteiger partial charge in [0, 0.05) is 35.5 Å². The number of carbonyl (C=O) groups excluding carboxylic acids is 3. The van der Waals surface area contributed by atoms with E-state index in [-0.39, 0.29) is 5.75 Å². The van der Waals surface area contributed by atoms with Crippen LogP contribution in [-0.4, -0.2) is 70.6 Å². The smallest absolute Gasteiger partial charge is 0.208 e. The van der Waals surface area contributed by atoms with Crippen LogP contribution in [0.3, 0.4) is 0 Å². The van der Waals surface area contributed by atoms with Crippen molar-refractivity contribution in [2.45, 2.75) is 43.0 Å². The molecule has 0 bridgehead atoms. The van der Waals surface area contributed by atoms with E-state index in [0.29, 0.717) is 11.1 Å². The average Bonchev–Trinajstić information content (AvgIpc) is 2.74. The van der Waals surface area contributed by atoms with Gasteiger partial charge in [-0.1, -0.05) is 6.07 Å². The minimum Gasteiger partial charge on any atom is -0.474 e. The van der Waals surface area contributed by atoms with Crippen LogP contribution in [-0.2, 0) is 14.4 Å². The molecule has 1 aliphatic heterocycles. The first-order valence-corrected chi connectivity index (χ1v) is 10.4. The van der Waals surface area contributed by atoms with Crippen LogP contribution in [0, 0.1) is 0 Å². The van der Waals surface area contributed by atoms with Crippen LogP contribution in [0.2, 0.25) is 0 Å². The van der Waals surface area contributed by atoms with Crippen molar-refractivity contribution in [3.63, 3.8) is 0 Å². The van der Waals surface area contributed by atoms with Crippen molar-refractivity contribution < 1.29 is 34.4 Å². The van der Waals surface area contributed by atoms with Gasteiger partial charge in [0.1, 0.15) is 5.75 Å². The van der Waals surface area contributed by atoms with Crippen LogP contribution in [0.25, 0.3) is 11.1 Å². The number of Topliss-reactive ketones (excluding diaryl/α,β-unsaturated/α-hetero) is 3. The Morgan fingerprint density at radius 1 is 1.00 bits per heavy atom. The van der Waals surface area contributed by atoms with Gasteiger partial charge in [-0.3, -0.25) is 24.4 Å². The van der Waals surface area contributed by atoms with Gasteiger partial charge in [-0.15, -0.1) is 11.8 Å². The summed E-state index contributed by atoms with van der Waals surface area (Å²) in [5.41, 5.74) is -9.07. The molecule has 0 aromatic carbocycles. The van der Waals surface area contributed by atoms with Gasteiger partial charge in [0.25, 0.3) is 0 Å². The van der Waals surface area contributed by atoms with Crippen molar-refractivity contribution >= 4 is 29.1 Å². The second-order valence-corrected chi connectivity index (χ2v) is 8.43. The van der Waals surface area contributed by atoms with E-state index in [4.69, 9.17) is 4.74 Å². The lowest BCUT2D eigenvalue weighted by molar-refractivity contribution is -0.235. The molecule has 1 saturated heterocycles. The molecule has 0 spiro atoms. The summed E-state index contributed by atoms with van der Waals surface area (Å²) in [6.07, 6.45) is 6.03. The fraction of sp³-hybridized carbons (Fsp3) is 0.381. The Morgan fingerprint density at radius 2 is 1.68 bits per heavy atom. The van der Waals surface area contributed by atoms with Gasteiger partial charge in [-0.2, -0.15) is 0 Å². The Balaban J connectivity index is 2.13. The number of ketones is 3. The van der Waals surface area contributed by atoms with E-state index in [1.165, 1.54) is 12.4 Å². The van der Waals surface area contributed by atoms with Crippen molar-refractivity contribution in [1.82, 2.24) is 9.97 Å². The number of ether oxygens (including phenoxy) is 1. The summed E-state index contributed by atoms with van der Waals surface area (Å²) in [7, 11) is 0. The molecule has 0 aliphatic carbocycles. The highest BCUT2D eigenvalue weighted by molar-refractivity contribution is 8.00. The van der Waals surface area contributed by atoms with Crippen LogP contribution < -0.4 is 4.74 Å². The third-order valence-corrected chi connectivity index (χ3v) is 6.88. The Hall–Kier alpha value is -2.66. The second kappa shape index (κ2) is 8.12. The fourth-order valence-corrected chi connectivity index (χ4v) is 5.27. The molecule has 3 N–H and O–H groups in total. The van der Waals surface area contributed by atoms with E-state index in [9.17, 15) is 29.7 Å². The normalized spacial score (nSPS) is 30.5. The Morgan fingerprint density at radius 3 is 2.23 bits per heavy atom. The monoisotopic (exact) mass is 446 g/mol. The zero-order valence-corrected chi connectivity index (χ0v) is 17.9. The van der Waals surface area contributed by atoms with Crippen molar-refractivity contribution in [3.05, 3.63) is 43.0 Å². The third-order valence-electron chi connectivity index (χ3n) is 5.55. The largest absolute Gasteiger partial charge is 0.474 e. The lowest BCUT2D eigenvalue weighted by Gasteiger charge is -2.54. The van der Waals surface area contributed by atoms with Gasteiger partial charge in [-0.25, -0.2) is 0 Å². The average molecular weight is 446 g/mol. The SMILES string of the molecule is CC(=O)[C@]1(O)[C@@](O)(C(C)=O)CS[C@H](Oc2cnccc2-c2cccnc2)[C@@]1(O)C(C)=O. The van der Waals surface area contributed by atoms with E-state index in [0.717, 1.165) is 32.5 Å². The second-order valence-electron chi connectivity index (χ2n) is 7.38. The lowest BCUT2D eigenvalue weighted by atomic mass is 9.65. The number of rotatable bonds is 6. The number of hydrogen-bond donors (Lipinski definition) is 3. The molecule has 31 heavy (non-hydrogen) atoms. The summed E-state index contributed by atoms with van der Waals surface area (Å²) in [5, 5.41) is 33.6. The van der Waals surface area contributed by atoms with Crippen molar-refractivity contribution in [3.8, 4) is 16.9 Å². The van der Waals surface area contributed by atoms with E-state index >= 15 is 0 Å². The third kappa shape index (κ3) is 3.35. The summed E-state index contributed by atoms with van der Waals surface area (Å²) in [6, 6.07) is 5.11. The predicted octanol–water partition coefficient (Wildman–Crippen LogP) is 0.556. The van der Waals surface area contributed by atoms with Crippen molar-refractivity contribution in [2.75, 3.05) is 5.75 Å². The summed E-state index contributed by atoms with van der Waals surface area (Å²) >= 11 is 0.733. The first kappa shape index (κ1) is 23.0. The Bertz CT molecular complexity index is 1030. The highest BCUT2D eigenvalue weighted by Crippen LogP contribution is 2.49. The van der Waals surface area contributed by atoms with Gasteiger partial charge in [0.05, 0.1) is 6.20 Å². The number of carbonyl (C=O) groups is 3. The number of aliphatic hydroxyl groups is 3. The summed E-state index contributed by atoms with van der Waals surface area (Å²) in [4.78, 5) is 45.3. The fourth-order valence-electron chi connectivity index (χ4n) is 3.71. The molecular weight excluding hydrogens is 424 g/mol. The molecule has 164 valence electrons. The van der Waals surface area contributed by atoms with Crippen molar-refractivity contribution in [2.24, 2.45) is 0 Å². The minimum atomic E-state index is -3.12. The molecule has 2 aromatic rings. The van der Waals surface area contributed by atoms with E-state index in [1.807, 2.05) is 0 Å². The molecule has 0 unspecified atom stereocenters. The Kier molecular flexibility index (Phi) is 6.03. The predicted molar refractivity (Wildman–Crippen MR) is 111 cm³/mol. The zero-order valence-electron chi connectivity index (χ0n) is 17.1. The molecule has 10 heteroatoms. The molecule has 1 fully saturated rings. The number of nitrogens with zero attached hydrogens (tertiary/aromatic N) is 2. The first-order valence-electron chi connectivity index (χ1n) is 9.33. The number of pyridine rings is 2. The maximum Gasteiger partial charge on any atom is 0.208 e. The lowest BCUT2D eigenvalue weighted by Crippen LogP contribution is -2.82. The van der Waals surface area contributed by atoms with Crippen LogP contribution in [0.1, 0.15) is 20.8 Å². The van der Waals surface area contributed by atoms with Crippen LogP contribution in [0.4, 0.5) is 0 Å². The molecule has 2 aromatic heterocycles. The summed E-state index contributed by atoms with van der Waals surface area (Å²) in [6.45, 7) is 2.81. The minimum absolute atomic E-state index is 0.145. The van der Waals surface area contributed by atoms with Gasteiger partial charge in [0.15, 0.2) is 34.0 Å². The van der Waals surface area contributed by atoms with Crippen molar-refractivity contribution in [1.29, 1.82) is 0 Å². The Labute approximate surface area is 182 Å². The van der Waals surface area contributed by atoms with Crippen LogP contribution in [0.15, 0.2) is 43.0 Å². The van der Waals surface area contributed by atoms with E-state index < -0.39 is 45.3 Å². The van der Waals surface area contributed by atoms with Crippen LogP contribution in [0.5, 0.6) is 5.75 Å². The molecule has 1 aliphatic rings. The summed E-state index contributed by atoms with van der Waals surface area (Å²) < 4.78 is 5.90.